The zero-order valence-corrected chi connectivity index (χ0v) is 11.6. The first-order valence-electron chi connectivity index (χ1n) is 7.44. The van der Waals surface area contributed by atoms with Gasteiger partial charge in [0.2, 0.25) is 0 Å². The van der Waals surface area contributed by atoms with Crippen molar-refractivity contribution < 1.29 is 0 Å². The summed E-state index contributed by atoms with van der Waals surface area (Å²) in [5, 5.41) is 3.64. The summed E-state index contributed by atoms with van der Waals surface area (Å²) in [6.45, 7) is 9.43. The average Bonchev–Trinajstić information content (AvgIpc) is 2.76. The van der Waals surface area contributed by atoms with Crippen LogP contribution in [-0.2, 0) is 0 Å². The molecule has 96 valence electrons. The molecule has 1 aliphatic rings. The predicted molar refractivity (Wildman–Crippen MR) is 72.7 cm³/mol. The van der Waals surface area contributed by atoms with Crippen LogP contribution in [-0.4, -0.2) is 13.1 Å². The van der Waals surface area contributed by atoms with E-state index in [0.717, 1.165) is 17.8 Å². The molecule has 1 fully saturated rings. The maximum absolute atomic E-state index is 3.64. The fourth-order valence-electron chi connectivity index (χ4n) is 2.94. The first-order valence-corrected chi connectivity index (χ1v) is 7.44. The molecule has 16 heavy (non-hydrogen) atoms. The van der Waals surface area contributed by atoms with Crippen molar-refractivity contribution in [1.82, 2.24) is 5.32 Å². The monoisotopic (exact) mass is 225 g/mol. The van der Waals surface area contributed by atoms with Gasteiger partial charge in [0.1, 0.15) is 0 Å². The van der Waals surface area contributed by atoms with E-state index in [1.54, 1.807) is 0 Å². The maximum Gasteiger partial charge on any atom is -0.00179 e. The van der Waals surface area contributed by atoms with Crippen molar-refractivity contribution in [2.45, 2.75) is 65.7 Å². The Balaban J connectivity index is 2.28. The molecule has 1 atom stereocenters. The third kappa shape index (κ3) is 5.34. The second-order valence-electron chi connectivity index (χ2n) is 5.98. The first-order chi connectivity index (χ1) is 7.74. The topological polar surface area (TPSA) is 12.0 Å². The molecule has 1 aliphatic carbocycles. The standard InChI is InChI=1S/C15H31N/c1-4-11-16-12-15(10-9-13(2)3)14-7-5-6-8-14/h13-16H,4-12H2,1-3H3. The van der Waals surface area contributed by atoms with Gasteiger partial charge in [-0.2, -0.15) is 0 Å². The van der Waals surface area contributed by atoms with Gasteiger partial charge in [0.25, 0.3) is 0 Å². The summed E-state index contributed by atoms with van der Waals surface area (Å²) in [6.07, 6.45) is 10.1. The van der Waals surface area contributed by atoms with Crippen LogP contribution >= 0.6 is 0 Å². The third-order valence-electron chi connectivity index (χ3n) is 4.01. The minimum Gasteiger partial charge on any atom is -0.316 e. The van der Waals surface area contributed by atoms with Gasteiger partial charge < -0.3 is 5.32 Å². The Morgan fingerprint density at radius 3 is 2.38 bits per heavy atom. The molecular weight excluding hydrogens is 194 g/mol. The summed E-state index contributed by atoms with van der Waals surface area (Å²) in [6, 6.07) is 0. The lowest BCUT2D eigenvalue weighted by molar-refractivity contribution is 0.286. The van der Waals surface area contributed by atoms with E-state index < -0.39 is 0 Å². The molecule has 1 saturated carbocycles. The van der Waals surface area contributed by atoms with Gasteiger partial charge in [-0.15, -0.1) is 0 Å². The normalized spacial score (nSPS) is 19.5. The molecule has 0 aliphatic heterocycles. The molecule has 1 nitrogen and oxygen atoms in total. The van der Waals surface area contributed by atoms with Gasteiger partial charge in [-0.3, -0.25) is 0 Å². The summed E-state index contributed by atoms with van der Waals surface area (Å²) in [5.74, 6) is 2.86. The Hall–Kier alpha value is -0.0400. The van der Waals surface area contributed by atoms with Crippen molar-refractivity contribution in [3.05, 3.63) is 0 Å². The second-order valence-corrected chi connectivity index (χ2v) is 5.98. The summed E-state index contributed by atoms with van der Waals surface area (Å²) in [7, 11) is 0. The van der Waals surface area contributed by atoms with E-state index in [4.69, 9.17) is 0 Å². The van der Waals surface area contributed by atoms with Crippen LogP contribution < -0.4 is 5.32 Å². The van der Waals surface area contributed by atoms with Crippen molar-refractivity contribution in [3.8, 4) is 0 Å². The van der Waals surface area contributed by atoms with E-state index in [-0.39, 0.29) is 0 Å². The van der Waals surface area contributed by atoms with Crippen molar-refractivity contribution in [2.24, 2.45) is 17.8 Å². The Bertz CT molecular complexity index is 159. The summed E-state index contributed by atoms with van der Waals surface area (Å²) in [4.78, 5) is 0. The first kappa shape index (κ1) is 14.0. The highest BCUT2D eigenvalue weighted by atomic mass is 14.9. The van der Waals surface area contributed by atoms with Crippen LogP contribution in [0.25, 0.3) is 0 Å². The van der Waals surface area contributed by atoms with E-state index in [2.05, 4.69) is 26.1 Å². The fraction of sp³-hybridized carbons (Fsp3) is 1.00. The maximum atomic E-state index is 3.64. The quantitative estimate of drug-likeness (QED) is 0.610. The van der Waals surface area contributed by atoms with Crippen molar-refractivity contribution in [1.29, 1.82) is 0 Å². The van der Waals surface area contributed by atoms with Gasteiger partial charge in [-0.05, 0) is 43.7 Å². The summed E-state index contributed by atoms with van der Waals surface area (Å²) < 4.78 is 0. The molecule has 1 N–H and O–H groups in total. The van der Waals surface area contributed by atoms with Crippen molar-refractivity contribution in [3.63, 3.8) is 0 Å². The van der Waals surface area contributed by atoms with Crippen molar-refractivity contribution in [2.75, 3.05) is 13.1 Å². The molecule has 0 bridgehead atoms. The van der Waals surface area contributed by atoms with Crippen LogP contribution in [0, 0.1) is 17.8 Å². The number of rotatable bonds is 8. The van der Waals surface area contributed by atoms with Gasteiger partial charge in [0.15, 0.2) is 0 Å². The Morgan fingerprint density at radius 2 is 1.81 bits per heavy atom. The van der Waals surface area contributed by atoms with Gasteiger partial charge in [-0.25, -0.2) is 0 Å². The molecule has 0 amide bonds. The lowest BCUT2D eigenvalue weighted by Gasteiger charge is -2.24. The highest BCUT2D eigenvalue weighted by Crippen LogP contribution is 2.34. The summed E-state index contributed by atoms with van der Waals surface area (Å²) in [5.41, 5.74) is 0. The fourth-order valence-corrected chi connectivity index (χ4v) is 2.94. The zero-order chi connectivity index (χ0) is 11.8. The van der Waals surface area contributed by atoms with Gasteiger partial charge in [-0.1, -0.05) is 52.9 Å². The largest absolute Gasteiger partial charge is 0.316 e. The molecule has 0 spiro atoms. The van der Waals surface area contributed by atoms with Gasteiger partial charge >= 0.3 is 0 Å². The average molecular weight is 225 g/mol. The number of nitrogens with one attached hydrogen (secondary N) is 1. The molecule has 1 unspecified atom stereocenters. The van der Waals surface area contributed by atoms with Crippen LogP contribution in [0.15, 0.2) is 0 Å². The molecule has 1 rings (SSSR count). The SMILES string of the molecule is CCCNCC(CCC(C)C)C1CCCC1. The Labute approximate surface area is 102 Å². The molecule has 0 heterocycles. The smallest absolute Gasteiger partial charge is 0.00179 e. The molecule has 0 aromatic carbocycles. The number of hydrogen-bond acceptors (Lipinski definition) is 1. The molecular formula is C15H31N. The third-order valence-corrected chi connectivity index (χ3v) is 4.01. The van der Waals surface area contributed by atoms with Gasteiger partial charge in [0, 0.05) is 0 Å². The lowest BCUT2D eigenvalue weighted by Crippen LogP contribution is -2.28. The lowest BCUT2D eigenvalue weighted by atomic mass is 9.85. The van der Waals surface area contributed by atoms with Crippen LogP contribution in [0.1, 0.15) is 65.7 Å². The van der Waals surface area contributed by atoms with E-state index >= 15 is 0 Å². The van der Waals surface area contributed by atoms with Crippen molar-refractivity contribution >= 4 is 0 Å². The minimum atomic E-state index is 0.870. The van der Waals surface area contributed by atoms with E-state index in [1.807, 2.05) is 0 Å². The molecule has 0 radical (unpaired) electrons. The minimum absolute atomic E-state index is 0.870. The zero-order valence-electron chi connectivity index (χ0n) is 11.6. The second kappa shape index (κ2) is 8.11. The van der Waals surface area contributed by atoms with E-state index in [0.29, 0.717) is 0 Å². The van der Waals surface area contributed by atoms with Crippen LogP contribution in [0.2, 0.25) is 0 Å². The molecule has 0 aromatic rings. The Kier molecular flexibility index (Phi) is 7.11. The van der Waals surface area contributed by atoms with Crippen LogP contribution in [0.5, 0.6) is 0 Å². The van der Waals surface area contributed by atoms with E-state index in [9.17, 15) is 0 Å². The highest BCUT2D eigenvalue weighted by molar-refractivity contribution is 4.77. The highest BCUT2D eigenvalue weighted by Gasteiger charge is 2.24. The van der Waals surface area contributed by atoms with E-state index in [1.165, 1.54) is 58.0 Å². The Morgan fingerprint density at radius 1 is 1.12 bits per heavy atom. The molecule has 0 saturated heterocycles. The molecule has 1 heteroatoms. The van der Waals surface area contributed by atoms with Crippen LogP contribution in [0.3, 0.4) is 0 Å². The predicted octanol–water partition coefficient (Wildman–Crippen LogP) is 4.23. The number of hydrogen-bond donors (Lipinski definition) is 1. The van der Waals surface area contributed by atoms with Gasteiger partial charge in [0.05, 0.1) is 0 Å². The molecule has 0 aromatic heterocycles. The summed E-state index contributed by atoms with van der Waals surface area (Å²) >= 11 is 0. The van der Waals surface area contributed by atoms with Crippen LogP contribution in [0.4, 0.5) is 0 Å².